The van der Waals surface area contributed by atoms with Gasteiger partial charge in [-0.1, -0.05) is 12.1 Å². The molecule has 0 aliphatic heterocycles. The minimum atomic E-state index is -1.05. The van der Waals surface area contributed by atoms with Crippen LogP contribution in [0.3, 0.4) is 0 Å². The third-order valence-electron chi connectivity index (χ3n) is 3.15. The lowest BCUT2D eigenvalue weighted by Crippen LogP contribution is -2.10. The maximum absolute atomic E-state index is 10.7. The fraction of sp³-hybridized carbons (Fsp3) is 0.0625. The highest BCUT2D eigenvalue weighted by molar-refractivity contribution is 7.71. The molecule has 2 N–H and O–H groups in total. The molecule has 0 amide bonds. The Bertz CT molecular complexity index is 965. The summed E-state index contributed by atoms with van der Waals surface area (Å²) >= 11 is 5.21. The molecule has 0 fully saturated rings. The van der Waals surface area contributed by atoms with Gasteiger partial charge in [0.25, 0.3) is 0 Å². The summed E-state index contributed by atoms with van der Waals surface area (Å²) in [5.41, 5.74) is 1.37. The van der Waals surface area contributed by atoms with Gasteiger partial charge in [0.05, 0.1) is 6.21 Å². The summed E-state index contributed by atoms with van der Waals surface area (Å²) in [5, 5.41) is 19.9. The molecule has 0 aliphatic rings. The van der Waals surface area contributed by atoms with Gasteiger partial charge in [-0.3, -0.25) is 4.98 Å². The molecule has 3 aromatic rings. The highest BCUT2D eigenvalue weighted by Gasteiger charge is 2.08. The minimum Gasteiger partial charge on any atom is -0.481 e. The number of aromatic nitrogens is 4. The predicted octanol–water partition coefficient (Wildman–Crippen LogP) is 2.35. The lowest BCUT2D eigenvalue weighted by Gasteiger charge is -2.06. The molecule has 2 heterocycles. The molecule has 2 aromatic heterocycles. The molecule has 0 atom stereocenters. The molecule has 25 heavy (non-hydrogen) atoms. The zero-order chi connectivity index (χ0) is 17.6. The second kappa shape index (κ2) is 7.49. The predicted molar refractivity (Wildman–Crippen MR) is 93.2 cm³/mol. The summed E-state index contributed by atoms with van der Waals surface area (Å²) in [6.07, 6.45) is 4.84. The normalized spacial score (nSPS) is 10.9. The first kappa shape index (κ1) is 16.5. The molecule has 3 rings (SSSR count). The number of hydrogen-bond donors (Lipinski definition) is 2. The van der Waals surface area contributed by atoms with Crippen LogP contribution in [0, 0.1) is 4.77 Å². The smallest absolute Gasteiger partial charge is 0.341 e. The van der Waals surface area contributed by atoms with Gasteiger partial charge in [0.15, 0.2) is 12.4 Å². The molecule has 9 heteroatoms. The van der Waals surface area contributed by atoms with Gasteiger partial charge in [-0.15, -0.1) is 0 Å². The third kappa shape index (κ3) is 3.96. The Morgan fingerprint density at radius 2 is 2.20 bits per heavy atom. The van der Waals surface area contributed by atoms with Crippen LogP contribution >= 0.6 is 12.2 Å². The number of carbonyl (C=O) groups is 1. The largest absolute Gasteiger partial charge is 0.481 e. The Labute approximate surface area is 147 Å². The van der Waals surface area contributed by atoms with Gasteiger partial charge in [-0.25, -0.2) is 9.89 Å². The van der Waals surface area contributed by atoms with Gasteiger partial charge in [-0.2, -0.15) is 14.9 Å². The van der Waals surface area contributed by atoms with Crippen molar-refractivity contribution in [2.75, 3.05) is 6.61 Å². The lowest BCUT2D eigenvalue weighted by atomic mass is 10.2. The number of carboxylic acids is 1. The van der Waals surface area contributed by atoms with Crippen molar-refractivity contribution >= 4 is 24.4 Å². The zero-order valence-electron chi connectivity index (χ0n) is 12.9. The number of nitrogens with zero attached hydrogens (tertiary/aromatic N) is 4. The molecule has 0 unspecified atom stereocenters. The van der Waals surface area contributed by atoms with Crippen LogP contribution in [0.4, 0.5) is 0 Å². The first-order valence-electron chi connectivity index (χ1n) is 7.21. The van der Waals surface area contributed by atoms with E-state index in [1.165, 1.54) is 10.9 Å². The van der Waals surface area contributed by atoms with Crippen molar-refractivity contribution in [3.63, 3.8) is 0 Å². The Kier molecular flexibility index (Phi) is 4.95. The fourth-order valence-electron chi connectivity index (χ4n) is 2.06. The van der Waals surface area contributed by atoms with E-state index >= 15 is 0 Å². The van der Waals surface area contributed by atoms with E-state index in [0.717, 1.165) is 5.56 Å². The molecular weight excluding hydrogens is 342 g/mol. The number of carboxylic acid groups (broad SMARTS) is 1. The van der Waals surface area contributed by atoms with Crippen LogP contribution in [0.5, 0.6) is 5.75 Å². The molecule has 0 bridgehead atoms. The Balaban J connectivity index is 1.93. The number of ether oxygens (including phenoxy) is 1. The van der Waals surface area contributed by atoms with E-state index in [4.69, 9.17) is 22.1 Å². The number of benzene rings is 1. The topological polar surface area (TPSA) is 105 Å². The van der Waals surface area contributed by atoms with Gasteiger partial charge in [-0.05, 0) is 36.5 Å². The molecule has 8 nitrogen and oxygen atoms in total. The first-order valence-corrected chi connectivity index (χ1v) is 7.62. The summed E-state index contributed by atoms with van der Waals surface area (Å²) in [7, 11) is 0. The quantitative estimate of drug-likeness (QED) is 0.519. The summed E-state index contributed by atoms with van der Waals surface area (Å²) in [6.45, 7) is -0.434. The number of aliphatic carboxylic acids is 1. The van der Waals surface area contributed by atoms with Gasteiger partial charge in [0.2, 0.25) is 4.77 Å². The highest BCUT2D eigenvalue weighted by Crippen LogP contribution is 2.18. The molecule has 0 saturated heterocycles. The van der Waals surface area contributed by atoms with E-state index in [-0.39, 0.29) is 0 Å². The maximum Gasteiger partial charge on any atom is 0.341 e. The van der Waals surface area contributed by atoms with Crippen LogP contribution in [0.15, 0.2) is 53.9 Å². The van der Waals surface area contributed by atoms with Crippen LogP contribution in [0.1, 0.15) is 5.56 Å². The standard InChI is InChI=1S/C16H13N5O3S/c22-14(23)10-24-13-6-2-1-4-11(13)9-18-21-15(19-20-16(21)25)12-5-3-7-17-8-12/h1-9H,10H2,(H,20,25)(H,22,23). The van der Waals surface area contributed by atoms with Crippen molar-refractivity contribution < 1.29 is 14.6 Å². The average molecular weight is 355 g/mol. The first-order chi connectivity index (χ1) is 12.1. The number of hydrogen-bond acceptors (Lipinski definition) is 6. The number of rotatable bonds is 6. The minimum absolute atomic E-state index is 0.319. The van der Waals surface area contributed by atoms with E-state index in [1.54, 1.807) is 42.7 Å². The second-order valence-corrected chi connectivity index (χ2v) is 5.26. The SMILES string of the molecule is O=C(O)COc1ccccc1C=Nn1c(-c2cccnc2)n[nH]c1=S. The van der Waals surface area contributed by atoms with Crippen LogP contribution in [0.2, 0.25) is 0 Å². The highest BCUT2D eigenvalue weighted by atomic mass is 32.1. The average Bonchev–Trinajstić information content (AvgIpc) is 3.00. The lowest BCUT2D eigenvalue weighted by molar-refractivity contribution is -0.139. The van der Waals surface area contributed by atoms with Crippen LogP contribution in [0.25, 0.3) is 11.4 Å². The monoisotopic (exact) mass is 355 g/mol. The van der Waals surface area contributed by atoms with E-state index < -0.39 is 12.6 Å². The molecule has 1 aromatic carbocycles. The zero-order valence-corrected chi connectivity index (χ0v) is 13.7. The summed E-state index contributed by atoms with van der Waals surface area (Å²) in [5.74, 6) is -0.132. The summed E-state index contributed by atoms with van der Waals surface area (Å²) in [4.78, 5) is 14.7. The molecular formula is C16H13N5O3S. The van der Waals surface area contributed by atoms with Crippen molar-refractivity contribution in [1.82, 2.24) is 19.9 Å². The van der Waals surface area contributed by atoms with Gasteiger partial charge >= 0.3 is 5.97 Å². The van der Waals surface area contributed by atoms with E-state index in [0.29, 0.717) is 21.9 Å². The van der Waals surface area contributed by atoms with Crippen molar-refractivity contribution in [3.8, 4) is 17.1 Å². The van der Waals surface area contributed by atoms with E-state index in [2.05, 4.69) is 20.3 Å². The number of H-pyrrole nitrogens is 1. The third-order valence-corrected chi connectivity index (χ3v) is 3.42. The molecule has 0 aliphatic carbocycles. The molecule has 0 saturated carbocycles. The fourth-order valence-corrected chi connectivity index (χ4v) is 2.24. The number of aromatic amines is 1. The number of para-hydroxylation sites is 1. The molecule has 0 spiro atoms. The summed E-state index contributed by atoms with van der Waals surface area (Å²) < 4.78 is 7.03. The van der Waals surface area contributed by atoms with Crippen molar-refractivity contribution in [1.29, 1.82) is 0 Å². The molecule has 126 valence electrons. The Morgan fingerprint density at radius 1 is 1.36 bits per heavy atom. The van der Waals surface area contributed by atoms with Crippen molar-refractivity contribution in [3.05, 3.63) is 59.1 Å². The maximum atomic E-state index is 10.7. The molecule has 0 radical (unpaired) electrons. The van der Waals surface area contributed by atoms with Gasteiger partial charge < -0.3 is 9.84 Å². The van der Waals surface area contributed by atoms with Crippen molar-refractivity contribution in [2.24, 2.45) is 5.10 Å². The Morgan fingerprint density at radius 3 is 2.96 bits per heavy atom. The Hall–Kier alpha value is -3.33. The van der Waals surface area contributed by atoms with E-state index in [9.17, 15) is 4.79 Å². The second-order valence-electron chi connectivity index (χ2n) is 4.87. The van der Waals surface area contributed by atoms with Gasteiger partial charge in [0.1, 0.15) is 5.75 Å². The summed E-state index contributed by atoms with van der Waals surface area (Å²) in [6, 6.07) is 10.6. The van der Waals surface area contributed by atoms with Gasteiger partial charge in [0, 0.05) is 23.5 Å². The number of pyridine rings is 1. The van der Waals surface area contributed by atoms with Crippen LogP contribution in [-0.2, 0) is 4.79 Å². The van der Waals surface area contributed by atoms with Crippen molar-refractivity contribution in [2.45, 2.75) is 0 Å². The van der Waals surface area contributed by atoms with Crippen LogP contribution < -0.4 is 4.74 Å². The number of nitrogens with one attached hydrogen (secondary N) is 1. The van der Waals surface area contributed by atoms with E-state index in [1.807, 2.05) is 6.07 Å². The van der Waals surface area contributed by atoms with Crippen LogP contribution in [-0.4, -0.2) is 43.8 Å².